The zero-order valence-corrected chi connectivity index (χ0v) is 19.6. The van der Waals surface area contributed by atoms with Crippen LogP contribution >= 0.6 is 0 Å². The summed E-state index contributed by atoms with van der Waals surface area (Å²) in [7, 11) is 3.31. The number of rotatable bonds is 6. The van der Waals surface area contributed by atoms with Gasteiger partial charge in [0.25, 0.3) is 5.91 Å². The average molecular weight is 436 g/mol. The number of hydrogen-bond acceptors (Lipinski definition) is 5. The lowest BCUT2D eigenvalue weighted by molar-refractivity contribution is -0.134. The number of likely N-dealkylation sites (tertiary alicyclic amines) is 1. The first-order valence-corrected chi connectivity index (χ1v) is 11.4. The van der Waals surface area contributed by atoms with Gasteiger partial charge in [-0.2, -0.15) is 5.10 Å². The van der Waals surface area contributed by atoms with E-state index in [9.17, 15) is 4.79 Å². The summed E-state index contributed by atoms with van der Waals surface area (Å²) in [6.07, 6.45) is 4.18. The highest BCUT2D eigenvalue weighted by Crippen LogP contribution is 2.39. The molecule has 32 heavy (non-hydrogen) atoms. The SMILES string of the molecule is COc1ccc(OC)c([C@@H]2CC(c3cc(C)ccc3C)=NN2C(=O)CN2CCCCC2)c1. The third kappa shape index (κ3) is 4.65. The summed E-state index contributed by atoms with van der Waals surface area (Å²) in [6, 6.07) is 11.9. The van der Waals surface area contributed by atoms with Gasteiger partial charge in [0, 0.05) is 17.5 Å². The number of carbonyl (C=O) groups is 1. The number of methoxy groups -OCH3 is 2. The fraction of sp³-hybridized carbons (Fsp3) is 0.462. The summed E-state index contributed by atoms with van der Waals surface area (Å²) < 4.78 is 11.1. The van der Waals surface area contributed by atoms with Crippen molar-refractivity contribution in [3.8, 4) is 11.5 Å². The second kappa shape index (κ2) is 9.74. The van der Waals surface area contributed by atoms with Crippen molar-refractivity contribution in [2.24, 2.45) is 5.10 Å². The maximum absolute atomic E-state index is 13.5. The average Bonchev–Trinajstić information content (AvgIpc) is 3.26. The molecule has 6 heteroatoms. The van der Waals surface area contributed by atoms with Crippen molar-refractivity contribution in [3.63, 3.8) is 0 Å². The maximum Gasteiger partial charge on any atom is 0.257 e. The largest absolute Gasteiger partial charge is 0.497 e. The Morgan fingerprint density at radius 3 is 2.53 bits per heavy atom. The van der Waals surface area contributed by atoms with Crippen molar-refractivity contribution in [2.75, 3.05) is 33.9 Å². The van der Waals surface area contributed by atoms with Crippen LogP contribution in [0, 0.1) is 13.8 Å². The third-order valence-corrected chi connectivity index (χ3v) is 6.47. The van der Waals surface area contributed by atoms with Gasteiger partial charge in [-0.3, -0.25) is 9.69 Å². The summed E-state index contributed by atoms with van der Waals surface area (Å²) in [5.41, 5.74) is 5.30. The molecule has 1 fully saturated rings. The van der Waals surface area contributed by atoms with Gasteiger partial charge in [0.15, 0.2) is 0 Å². The van der Waals surface area contributed by atoms with E-state index in [-0.39, 0.29) is 11.9 Å². The topological polar surface area (TPSA) is 54.4 Å². The number of benzene rings is 2. The quantitative estimate of drug-likeness (QED) is 0.671. The fourth-order valence-electron chi connectivity index (χ4n) is 4.67. The molecule has 0 spiro atoms. The molecule has 1 atom stereocenters. The molecule has 2 heterocycles. The second-order valence-electron chi connectivity index (χ2n) is 8.77. The lowest BCUT2D eigenvalue weighted by Crippen LogP contribution is -2.40. The molecular weight excluding hydrogens is 402 g/mol. The standard InChI is InChI=1S/C26H33N3O3/c1-18-8-9-19(2)21(14-18)23-16-24(22-15-20(31-3)10-11-25(22)32-4)29(27-23)26(30)17-28-12-6-5-7-13-28/h8-11,14-15,24H,5-7,12-13,16-17H2,1-4H3/t24-/m0/s1. The maximum atomic E-state index is 13.5. The normalized spacial score (nSPS) is 19.1. The molecule has 0 unspecified atom stereocenters. The van der Waals surface area contributed by atoms with Crippen LogP contribution in [0.15, 0.2) is 41.5 Å². The van der Waals surface area contributed by atoms with E-state index < -0.39 is 0 Å². The summed E-state index contributed by atoms with van der Waals surface area (Å²) >= 11 is 0. The molecule has 6 nitrogen and oxygen atoms in total. The molecule has 0 saturated carbocycles. The van der Waals surface area contributed by atoms with E-state index in [1.54, 1.807) is 19.2 Å². The van der Waals surface area contributed by atoms with E-state index >= 15 is 0 Å². The van der Waals surface area contributed by atoms with Crippen LogP contribution in [0.1, 0.15) is 54.0 Å². The van der Waals surface area contributed by atoms with Crippen molar-refractivity contribution < 1.29 is 14.3 Å². The summed E-state index contributed by atoms with van der Waals surface area (Å²) in [6.45, 7) is 6.52. The number of amides is 1. The number of ether oxygens (including phenoxy) is 2. The Hall–Kier alpha value is -2.86. The predicted octanol–water partition coefficient (Wildman–Crippen LogP) is 4.48. The fourth-order valence-corrected chi connectivity index (χ4v) is 4.67. The van der Waals surface area contributed by atoms with Crippen molar-refractivity contribution >= 4 is 11.6 Å². The Morgan fingerprint density at radius 1 is 1.03 bits per heavy atom. The van der Waals surface area contributed by atoms with Gasteiger partial charge in [-0.1, -0.05) is 24.1 Å². The Bertz CT molecular complexity index is 1010. The Labute approximate surface area is 190 Å². The van der Waals surface area contributed by atoms with Crippen LogP contribution in [0.5, 0.6) is 11.5 Å². The molecule has 0 aromatic heterocycles. The van der Waals surface area contributed by atoms with Crippen LogP contribution in [0.25, 0.3) is 0 Å². The third-order valence-electron chi connectivity index (χ3n) is 6.47. The van der Waals surface area contributed by atoms with Crippen molar-refractivity contribution in [1.82, 2.24) is 9.91 Å². The molecule has 170 valence electrons. The molecule has 0 N–H and O–H groups in total. The number of hydrogen-bond donors (Lipinski definition) is 0. The second-order valence-corrected chi connectivity index (χ2v) is 8.77. The highest BCUT2D eigenvalue weighted by Gasteiger charge is 2.36. The van der Waals surface area contributed by atoms with Crippen LogP contribution in [0.3, 0.4) is 0 Å². The van der Waals surface area contributed by atoms with Crippen LogP contribution in [-0.4, -0.2) is 55.4 Å². The number of nitrogens with zero attached hydrogens (tertiary/aromatic N) is 3. The number of hydrazone groups is 1. The Kier molecular flexibility index (Phi) is 6.80. The minimum atomic E-state index is -0.229. The molecule has 4 rings (SSSR count). The summed E-state index contributed by atoms with van der Waals surface area (Å²) in [5.74, 6) is 1.51. The van der Waals surface area contributed by atoms with Gasteiger partial charge in [0.05, 0.1) is 32.5 Å². The van der Waals surface area contributed by atoms with Crippen LogP contribution in [0.4, 0.5) is 0 Å². The van der Waals surface area contributed by atoms with Crippen molar-refractivity contribution in [1.29, 1.82) is 0 Å². The number of carbonyl (C=O) groups excluding carboxylic acids is 1. The molecule has 0 aliphatic carbocycles. The van der Waals surface area contributed by atoms with E-state index in [0.29, 0.717) is 13.0 Å². The molecule has 1 amide bonds. The number of piperidine rings is 1. The molecule has 0 bridgehead atoms. The number of aryl methyl sites for hydroxylation is 2. The van der Waals surface area contributed by atoms with Crippen molar-refractivity contribution in [2.45, 2.75) is 45.6 Å². The van der Waals surface area contributed by atoms with Gasteiger partial charge in [-0.05, 0) is 69.6 Å². The first-order valence-electron chi connectivity index (χ1n) is 11.4. The van der Waals surface area contributed by atoms with Gasteiger partial charge in [0.1, 0.15) is 11.5 Å². The molecule has 2 aliphatic rings. The minimum Gasteiger partial charge on any atom is -0.497 e. The van der Waals surface area contributed by atoms with E-state index in [2.05, 4.69) is 36.9 Å². The smallest absolute Gasteiger partial charge is 0.257 e. The Morgan fingerprint density at radius 2 is 1.81 bits per heavy atom. The van der Waals surface area contributed by atoms with Crippen LogP contribution < -0.4 is 9.47 Å². The molecule has 0 radical (unpaired) electrons. The van der Waals surface area contributed by atoms with Gasteiger partial charge in [-0.15, -0.1) is 0 Å². The van der Waals surface area contributed by atoms with E-state index in [1.165, 1.54) is 12.0 Å². The summed E-state index contributed by atoms with van der Waals surface area (Å²) in [4.78, 5) is 15.7. The summed E-state index contributed by atoms with van der Waals surface area (Å²) in [5, 5.41) is 6.58. The molecule has 1 saturated heterocycles. The predicted molar refractivity (Wildman–Crippen MR) is 126 cm³/mol. The van der Waals surface area contributed by atoms with Crippen molar-refractivity contribution in [3.05, 3.63) is 58.7 Å². The first-order chi connectivity index (χ1) is 15.5. The minimum absolute atomic E-state index is 0.0297. The lowest BCUT2D eigenvalue weighted by atomic mass is 9.94. The van der Waals surface area contributed by atoms with E-state index in [4.69, 9.17) is 14.6 Å². The molecule has 2 aliphatic heterocycles. The zero-order chi connectivity index (χ0) is 22.7. The first kappa shape index (κ1) is 22.3. The van der Waals surface area contributed by atoms with Gasteiger partial charge in [0.2, 0.25) is 0 Å². The van der Waals surface area contributed by atoms with Crippen LogP contribution in [0.2, 0.25) is 0 Å². The lowest BCUT2D eigenvalue weighted by Gasteiger charge is -2.29. The monoisotopic (exact) mass is 435 g/mol. The van der Waals surface area contributed by atoms with E-state index in [0.717, 1.165) is 59.8 Å². The Balaban J connectivity index is 1.71. The van der Waals surface area contributed by atoms with Crippen LogP contribution in [-0.2, 0) is 4.79 Å². The molecule has 2 aromatic rings. The zero-order valence-electron chi connectivity index (χ0n) is 19.6. The van der Waals surface area contributed by atoms with Gasteiger partial charge < -0.3 is 9.47 Å². The van der Waals surface area contributed by atoms with Gasteiger partial charge in [-0.25, -0.2) is 5.01 Å². The highest BCUT2D eigenvalue weighted by molar-refractivity contribution is 6.04. The molecule has 2 aromatic carbocycles. The van der Waals surface area contributed by atoms with E-state index in [1.807, 2.05) is 18.2 Å². The van der Waals surface area contributed by atoms with Gasteiger partial charge >= 0.3 is 0 Å². The molecular formula is C26H33N3O3. The highest BCUT2D eigenvalue weighted by atomic mass is 16.5.